The molecule has 0 aromatic carbocycles. The Balaban J connectivity index is 2.58. The number of nitrogens with two attached hydrogens (primary N) is 1. The molecule has 0 aliphatic carbocycles. The molecule has 0 aromatic heterocycles. The standard InChI is InChI=1S/C11H24N2S/c1-4-5-7-13(3)11(9-12)6-8-14-10(11)2/h10H,4-9,12H2,1-3H3. The first-order valence-corrected chi connectivity index (χ1v) is 6.75. The van der Waals surface area contributed by atoms with E-state index in [0.717, 1.165) is 6.54 Å². The Morgan fingerprint density at radius 3 is 2.71 bits per heavy atom. The van der Waals surface area contributed by atoms with Crippen molar-refractivity contribution in [1.82, 2.24) is 4.90 Å². The Kier molecular flexibility index (Phi) is 4.74. The molecule has 14 heavy (non-hydrogen) atoms. The van der Waals surface area contributed by atoms with Crippen LogP contribution in [0.4, 0.5) is 0 Å². The number of hydrogen-bond acceptors (Lipinski definition) is 3. The first-order chi connectivity index (χ1) is 6.67. The maximum absolute atomic E-state index is 5.98. The van der Waals surface area contributed by atoms with Gasteiger partial charge in [-0.1, -0.05) is 20.3 Å². The van der Waals surface area contributed by atoms with Crippen LogP contribution in [-0.2, 0) is 0 Å². The fourth-order valence-electron chi connectivity index (χ4n) is 2.31. The van der Waals surface area contributed by atoms with Gasteiger partial charge in [0.1, 0.15) is 0 Å². The van der Waals surface area contributed by atoms with E-state index in [9.17, 15) is 0 Å². The number of unbranched alkanes of at least 4 members (excludes halogenated alkanes) is 1. The highest BCUT2D eigenvalue weighted by Gasteiger charge is 2.42. The van der Waals surface area contributed by atoms with E-state index >= 15 is 0 Å². The molecular weight excluding hydrogens is 192 g/mol. The van der Waals surface area contributed by atoms with Crippen LogP contribution in [0.25, 0.3) is 0 Å². The third-order valence-corrected chi connectivity index (χ3v) is 5.00. The van der Waals surface area contributed by atoms with Crippen LogP contribution in [0.2, 0.25) is 0 Å². The van der Waals surface area contributed by atoms with E-state index in [1.165, 1.54) is 31.6 Å². The van der Waals surface area contributed by atoms with E-state index in [1.807, 2.05) is 0 Å². The zero-order chi connectivity index (χ0) is 10.6. The topological polar surface area (TPSA) is 29.3 Å². The van der Waals surface area contributed by atoms with Gasteiger partial charge in [-0.25, -0.2) is 0 Å². The smallest absolute Gasteiger partial charge is 0.0452 e. The minimum absolute atomic E-state index is 0.278. The van der Waals surface area contributed by atoms with Gasteiger partial charge in [-0.3, -0.25) is 4.90 Å². The number of rotatable bonds is 5. The molecule has 2 atom stereocenters. The molecule has 1 rings (SSSR count). The summed E-state index contributed by atoms with van der Waals surface area (Å²) in [5, 5.41) is 0.689. The van der Waals surface area contributed by atoms with Crippen molar-refractivity contribution in [3.63, 3.8) is 0 Å². The lowest BCUT2D eigenvalue weighted by atomic mass is 9.90. The van der Waals surface area contributed by atoms with Crippen LogP contribution in [0.3, 0.4) is 0 Å². The molecular formula is C11H24N2S. The quantitative estimate of drug-likeness (QED) is 0.761. The minimum atomic E-state index is 0.278. The molecule has 0 spiro atoms. The van der Waals surface area contributed by atoms with Gasteiger partial charge < -0.3 is 5.73 Å². The highest BCUT2D eigenvalue weighted by Crippen LogP contribution is 2.38. The molecule has 2 unspecified atom stereocenters. The van der Waals surface area contributed by atoms with E-state index in [-0.39, 0.29) is 5.54 Å². The molecule has 1 aliphatic rings. The van der Waals surface area contributed by atoms with Crippen molar-refractivity contribution in [1.29, 1.82) is 0 Å². The molecule has 1 aliphatic heterocycles. The van der Waals surface area contributed by atoms with E-state index < -0.39 is 0 Å². The van der Waals surface area contributed by atoms with Gasteiger partial charge in [-0.2, -0.15) is 11.8 Å². The molecule has 0 bridgehead atoms. The average Bonchev–Trinajstić information content (AvgIpc) is 2.57. The van der Waals surface area contributed by atoms with Gasteiger partial charge in [-0.05, 0) is 32.2 Å². The zero-order valence-corrected chi connectivity index (χ0v) is 10.6. The fraction of sp³-hybridized carbons (Fsp3) is 1.00. The Hall–Kier alpha value is 0.270. The van der Waals surface area contributed by atoms with Crippen molar-refractivity contribution in [2.75, 3.05) is 25.9 Å². The lowest BCUT2D eigenvalue weighted by Gasteiger charge is -2.41. The molecule has 0 saturated carbocycles. The normalized spacial score (nSPS) is 32.8. The fourth-order valence-corrected chi connectivity index (χ4v) is 3.84. The van der Waals surface area contributed by atoms with Gasteiger partial charge in [0.25, 0.3) is 0 Å². The molecule has 1 heterocycles. The Morgan fingerprint density at radius 1 is 1.57 bits per heavy atom. The summed E-state index contributed by atoms with van der Waals surface area (Å²) in [7, 11) is 2.24. The molecule has 0 aromatic rings. The summed E-state index contributed by atoms with van der Waals surface area (Å²) in [6.45, 7) is 6.57. The van der Waals surface area contributed by atoms with Gasteiger partial charge in [0.2, 0.25) is 0 Å². The number of nitrogens with zero attached hydrogens (tertiary/aromatic N) is 1. The van der Waals surface area contributed by atoms with Crippen LogP contribution in [-0.4, -0.2) is 41.6 Å². The molecule has 1 fully saturated rings. The number of thioether (sulfide) groups is 1. The van der Waals surface area contributed by atoms with E-state index in [4.69, 9.17) is 5.73 Å². The van der Waals surface area contributed by atoms with Gasteiger partial charge in [0.05, 0.1) is 0 Å². The van der Waals surface area contributed by atoms with E-state index in [0.29, 0.717) is 5.25 Å². The van der Waals surface area contributed by atoms with Crippen LogP contribution < -0.4 is 5.73 Å². The summed E-state index contributed by atoms with van der Waals surface area (Å²) in [5.41, 5.74) is 6.25. The molecule has 2 N–H and O–H groups in total. The van der Waals surface area contributed by atoms with Crippen molar-refractivity contribution in [3.05, 3.63) is 0 Å². The molecule has 84 valence electrons. The van der Waals surface area contributed by atoms with Crippen molar-refractivity contribution < 1.29 is 0 Å². The minimum Gasteiger partial charge on any atom is -0.329 e. The first kappa shape index (κ1) is 12.3. The summed E-state index contributed by atoms with van der Waals surface area (Å²) in [5.74, 6) is 1.27. The summed E-state index contributed by atoms with van der Waals surface area (Å²) in [6, 6.07) is 0. The molecule has 2 nitrogen and oxygen atoms in total. The Bertz CT molecular complexity index is 175. The zero-order valence-electron chi connectivity index (χ0n) is 9.75. The predicted molar refractivity (Wildman–Crippen MR) is 65.9 cm³/mol. The molecule has 1 saturated heterocycles. The second kappa shape index (κ2) is 5.38. The van der Waals surface area contributed by atoms with Crippen LogP contribution in [0.5, 0.6) is 0 Å². The highest BCUT2D eigenvalue weighted by atomic mass is 32.2. The summed E-state index contributed by atoms with van der Waals surface area (Å²) in [4.78, 5) is 2.50. The van der Waals surface area contributed by atoms with E-state index in [2.05, 4.69) is 37.6 Å². The van der Waals surface area contributed by atoms with Crippen LogP contribution in [0, 0.1) is 0 Å². The van der Waals surface area contributed by atoms with Crippen molar-refractivity contribution in [2.24, 2.45) is 5.73 Å². The van der Waals surface area contributed by atoms with Gasteiger partial charge >= 0.3 is 0 Å². The lowest BCUT2D eigenvalue weighted by molar-refractivity contribution is 0.128. The predicted octanol–water partition coefficient (Wildman–Crippen LogP) is 1.94. The monoisotopic (exact) mass is 216 g/mol. The third kappa shape index (κ3) is 2.26. The summed E-state index contributed by atoms with van der Waals surface area (Å²) in [6.07, 6.45) is 3.82. The average molecular weight is 216 g/mol. The number of hydrogen-bond donors (Lipinski definition) is 1. The largest absolute Gasteiger partial charge is 0.329 e. The molecule has 3 heteroatoms. The maximum Gasteiger partial charge on any atom is 0.0452 e. The first-order valence-electron chi connectivity index (χ1n) is 5.70. The second-order valence-electron chi connectivity index (χ2n) is 4.35. The van der Waals surface area contributed by atoms with Gasteiger partial charge in [-0.15, -0.1) is 0 Å². The van der Waals surface area contributed by atoms with Crippen LogP contribution in [0.15, 0.2) is 0 Å². The van der Waals surface area contributed by atoms with Crippen molar-refractivity contribution >= 4 is 11.8 Å². The molecule has 0 radical (unpaired) electrons. The lowest BCUT2D eigenvalue weighted by Crippen LogP contribution is -2.56. The Morgan fingerprint density at radius 2 is 2.29 bits per heavy atom. The maximum atomic E-state index is 5.98. The van der Waals surface area contributed by atoms with Crippen LogP contribution >= 0.6 is 11.8 Å². The summed E-state index contributed by atoms with van der Waals surface area (Å²) >= 11 is 2.07. The Labute approximate surface area is 92.6 Å². The van der Waals surface area contributed by atoms with Gasteiger partial charge in [0.15, 0.2) is 0 Å². The van der Waals surface area contributed by atoms with Crippen molar-refractivity contribution in [3.8, 4) is 0 Å². The second-order valence-corrected chi connectivity index (χ2v) is 5.79. The van der Waals surface area contributed by atoms with E-state index in [1.54, 1.807) is 0 Å². The molecule has 0 amide bonds. The van der Waals surface area contributed by atoms with Crippen LogP contribution in [0.1, 0.15) is 33.1 Å². The highest BCUT2D eigenvalue weighted by molar-refractivity contribution is 8.00. The third-order valence-electron chi connectivity index (χ3n) is 3.62. The SMILES string of the molecule is CCCCN(C)C1(CN)CCSC1C. The van der Waals surface area contributed by atoms with Crippen molar-refractivity contribution in [2.45, 2.75) is 43.9 Å². The summed E-state index contributed by atoms with van der Waals surface area (Å²) < 4.78 is 0. The number of likely N-dealkylation sites (N-methyl/N-ethyl adjacent to an activating group) is 1. The van der Waals surface area contributed by atoms with Gasteiger partial charge in [0, 0.05) is 17.3 Å².